The van der Waals surface area contributed by atoms with Crippen LogP contribution in [-0.4, -0.2) is 24.3 Å². The molecule has 3 aromatic carbocycles. The summed E-state index contributed by atoms with van der Waals surface area (Å²) in [5.41, 5.74) is 1.11. The maximum atomic E-state index is 12.2. The van der Waals surface area contributed by atoms with E-state index < -0.39 is 6.10 Å². The number of halogens is 2. The van der Waals surface area contributed by atoms with Crippen LogP contribution in [0.15, 0.2) is 60.7 Å². The van der Waals surface area contributed by atoms with Gasteiger partial charge in [0.05, 0.1) is 10.0 Å². The summed E-state index contributed by atoms with van der Waals surface area (Å²) in [6, 6.07) is 19.5. The summed E-state index contributed by atoms with van der Waals surface area (Å²) in [5, 5.41) is 6.27. The molecule has 0 fully saturated rings. The number of rotatable bonds is 8. The Morgan fingerprint density at radius 3 is 2.61 bits per heavy atom. The SMILES string of the molecule is C[C@H](Oc1ccc2ccccc2c1)C(=O)NCCSCc1ccc(Cl)c(Cl)c1. The molecule has 1 N–H and O–H groups in total. The van der Waals surface area contributed by atoms with Crippen LogP contribution in [0.5, 0.6) is 5.75 Å². The predicted octanol–water partition coefficient (Wildman–Crippen LogP) is 5.96. The zero-order valence-corrected chi connectivity index (χ0v) is 17.8. The Morgan fingerprint density at radius 1 is 1.04 bits per heavy atom. The largest absolute Gasteiger partial charge is 0.481 e. The first-order valence-electron chi connectivity index (χ1n) is 8.98. The third kappa shape index (κ3) is 5.81. The van der Waals surface area contributed by atoms with E-state index in [1.807, 2.05) is 54.6 Å². The van der Waals surface area contributed by atoms with Crippen LogP contribution < -0.4 is 10.1 Å². The molecule has 6 heteroatoms. The van der Waals surface area contributed by atoms with Crippen LogP contribution in [-0.2, 0) is 10.5 Å². The number of fused-ring (bicyclic) bond motifs is 1. The second-order valence-corrected chi connectivity index (χ2v) is 8.28. The van der Waals surface area contributed by atoms with Gasteiger partial charge in [-0.3, -0.25) is 4.79 Å². The fourth-order valence-electron chi connectivity index (χ4n) is 2.71. The van der Waals surface area contributed by atoms with Crippen molar-refractivity contribution >= 4 is 51.6 Å². The van der Waals surface area contributed by atoms with Crippen molar-refractivity contribution in [1.29, 1.82) is 0 Å². The van der Waals surface area contributed by atoms with Gasteiger partial charge in [0.15, 0.2) is 6.10 Å². The Bertz CT molecular complexity index is 964. The van der Waals surface area contributed by atoms with Crippen molar-refractivity contribution in [2.24, 2.45) is 0 Å². The number of thioether (sulfide) groups is 1. The Labute approximate surface area is 179 Å². The van der Waals surface area contributed by atoms with Crippen LogP contribution >= 0.6 is 35.0 Å². The van der Waals surface area contributed by atoms with Gasteiger partial charge in [0.25, 0.3) is 5.91 Å². The van der Waals surface area contributed by atoms with Crippen molar-refractivity contribution in [2.75, 3.05) is 12.3 Å². The molecule has 0 heterocycles. The molecule has 0 saturated heterocycles. The lowest BCUT2D eigenvalue weighted by Crippen LogP contribution is -2.37. The van der Waals surface area contributed by atoms with Gasteiger partial charge in [-0.2, -0.15) is 11.8 Å². The molecule has 0 aliphatic carbocycles. The van der Waals surface area contributed by atoms with E-state index in [2.05, 4.69) is 5.32 Å². The molecule has 0 unspecified atom stereocenters. The third-order valence-electron chi connectivity index (χ3n) is 4.20. The Morgan fingerprint density at radius 2 is 1.82 bits per heavy atom. The van der Waals surface area contributed by atoms with Gasteiger partial charge in [0, 0.05) is 18.1 Å². The first kappa shape index (κ1) is 20.8. The summed E-state index contributed by atoms with van der Waals surface area (Å²) in [6.07, 6.45) is -0.554. The van der Waals surface area contributed by atoms with E-state index in [9.17, 15) is 4.79 Å². The summed E-state index contributed by atoms with van der Waals surface area (Å²) in [5.74, 6) is 2.18. The molecular formula is C22H21Cl2NO2S. The maximum absolute atomic E-state index is 12.2. The zero-order valence-electron chi connectivity index (χ0n) is 15.5. The van der Waals surface area contributed by atoms with E-state index in [0.717, 1.165) is 27.8 Å². The normalized spacial score (nSPS) is 12.0. The van der Waals surface area contributed by atoms with E-state index in [1.165, 1.54) is 0 Å². The molecule has 0 spiro atoms. The monoisotopic (exact) mass is 433 g/mol. The van der Waals surface area contributed by atoms with Crippen molar-refractivity contribution in [3.63, 3.8) is 0 Å². The van der Waals surface area contributed by atoms with Crippen LogP contribution in [0.4, 0.5) is 0 Å². The molecule has 0 aliphatic rings. The lowest BCUT2D eigenvalue weighted by molar-refractivity contribution is -0.127. The molecule has 0 radical (unpaired) electrons. The average molecular weight is 434 g/mol. The molecule has 1 amide bonds. The van der Waals surface area contributed by atoms with Gasteiger partial charge in [-0.05, 0) is 47.5 Å². The molecular weight excluding hydrogens is 413 g/mol. The van der Waals surface area contributed by atoms with Gasteiger partial charge in [-0.25, -0.2) is 0 Å². The number of hydrogen-bond donors (Lipinski definition) is 1. The van der Waals surface area contributed by atoms with Gasteiger partial charge in [-0.1, -0.05) is 59.6 Å². The lowest BCUT2D eigenvalue weighted by atomic mass is 10.1. The molecule has 146 valence electrons. The summed E-state index contributed by atoms with van der Waals surface area (Å²) < 4.78 is 5.79. The number of benzene rings is 3. The van der Waals surface area contributed by atoms with Crippen LogP contribution in [0.2, 0.25) is 10.0 Å². The Balaban J connectivity index is 1.40. The fourth-order valence-corrected chi connectivity index (χ4v) is 3.83. The molecule has 28 heavy (non-hydrogen) atoms. The highest BCUT2D eigenvalue weighted by Crippen LogP contribution is 2.24. The first-order chi connectivity index (χ1) is 13.5. The molecule has 0 bridgehead atoms. The van der Waals surface area contributed by atoms with Crippen LogP contribution in [0.3, 0.4) is 0 Å². The van der Waals surface area contributed by atoms with Crippen LogP contribution in [0.1, 0.15) is 12.5 Å². The highest BCUT2D eigenvalue weighted by Gasteiger charge is 2.14. The minimum Gasteiger partial charge on any atom is -0.481 e. The summed E-state index contributed by atoms with van der Waals surface area (Å²) >= 11 is 13.7. The van der Waals surface area contributed by atoms with Crippen molar-refractivity contribution in [3.8, 4) is 5.75 Å². The van der Waals surface area contributed by atoms with Crippen LogP contribution in [0.25, 0.3) is 10.8 Å². The number of amides is 1. The topological polar surface area (TPSA) is 38.3 Å². The summed E-state index contributed by atoms with van der Waals surface area (Å²) in [6.45, 7) is 2.34. The Hall–Kier alpha value is -1.88. The molecule has 1 atom stereocenters. The molecule has 0 aromatic heterocycles. The minimum atomic E-state index is -0.554. The highest BCUT2D eigenvalue weighted by atomic mass is 35.5. The van der Waals surface area contributed by atoms with E-state index in [4.69, 9.17) is 27.9 Å². The van der Waals surface area contributed by atoms with E-state index in [-0.39, 0.29) is 5.91 Å². The van der Waals surface area contributed by atoms with Crippen molar-refractivity contribution in [2.45, 2.75) is 18.8 Å². The Kier molecular flexibility index (Phi) is 7.49. The van der Waals surface area contributed by atoms with E-state index in [0.29, 0.717) is 22.3 Å². The lowest BCUT2D eigenvalue weighted by Gasteiger charge is -2.15. The average Bonchev–Trinajstić information content (AvgIpc) is 2.70. The number of ether oxygens (including phenoxy) is 1. The van der Waals surface area contributed by atoms with Crippen molar-refractivity contribution in [1.82, 2.24) is 5.32 Å². The van der Waals surface area contributed by atoms with E-state index >= 15 is 0 Å². The smallest absolute Gasteiger partial charge is 0.260 e. The summed E-state index contributed by atoms with van der Waals surface area (Å²) in [7, 11) is 0. The minimum absolute atomic E-state index is 0.122. The van der Waals surface area contributed by atoms with Gasteiger partial charge < -0.3 is 10.1 Å². The van der Waals surface area contributed by atoms with Crippen molar-refractivity contribution < 1.29 is 9.53 Å². The molecule has 3 rings (SSSR count). The van der Waals surface area contributed by atoms with Gasteiger partial charge in [0.1, 0.15) is 5.75 Å². The first-order valence-corrected chi connectivity index (χ1v) is 10.9. The van der Waals surface area contributed by atoms with Gasteiger partial charge in [-0.15, -0.1) is 0 Å². The number of hydrogen-bond acceptors (Lipinski definition) is 3. The number of carbonyl (C=O) groups excluding carboxylic acids is 1. The summed E-state index contributed by atoms with van der Waals surface area (Å²) in [4.78, 5) is 12.2. The predicted molar refractivity (Wildman–Crippen MR) is 120 cm³/mol. The number of nitrogens with one attached hydrogen (secondary N) is 1. The zero-order chi connectivity index (χ0) is 19.9. The highest BCUT2D eigenvalue weighted by molar-refractivity contribution is 7.98. The second-order valence-electron chi connectivity index (χ2n) is 6.36. The van der Waals surface area contributed by atoms with Crippen molar-refractivity contribution in [3.05, 3.63) is 76.3 Å². The molecule has 0 aliphatic heterocycles. The van der Waals surface area contributed by atoms with Crippen LogP contribution in [0, 0.1) is 0 Å². The maximum Gasteiger partial charge on any atom is 0.260 e. The van der Waals surface area contributed by atoms with E-state index in [1.54, 1.807) is 24.8 Å². The van der Waals surface area contributed by atoms with Gasteiger partial charge >= 0.3 is 0 Å². The molecule has 3 nitrogen and oxygen atoms in total. The van der Waals surface area contributed by atoms with Gasteiger partial charge in [0.2, 0.25) is 0 Å². The second kappa shape index (κ2) is 10.1. The fraction of sp³-hybridized carbons (Fsp3) is 0.227. The standard InChI is InChI=1S/C22H21Cl2NO2S/c1-15(27-19-8-7-17-4-2-3-5-18(17)13-19)22(26)25-10-11-28-14-16-6-9-20(23)21(24)12-16/h2-9,12-13,15H,10-11,14H2,1H3,(H,25,26)/t15-/m0/s1. The quantitative estimate of drug-likeness (QED) is 0.445. The number of carbonyl (C=O) groups is 1. The molecule has 3 aromatic rings. The third-order valence-corrected chi connectivity index (χ3v) is 5.97. The molecule has 0 saturated carbocycles.